The lowest BCUT2D eigenvalue weighted by Crippen LogP contribution is -2.70. The minimum Gasteiger partial charge on any atom is -0.465 e. The van der Waals surface area contributed by atoms with E-state index in [2.05, 4.69) is 0 Å². The Labute approximate surface area is 139 Å². The fourth-order valence-electron chi connectivity index (χ4n) is 5.21. The van der Waals surface area contributed by atoms with Gasteiger partial charge in [-0.05, 0) is 25.0 Å². The summed E-state index contributed by atoms with van der Waals surface area (Å²) in [7, 11) is 0. The Hall–Kier alpha value is -1.28. The number of aliphatic hydroxyl groups excluding tert-OH is 2. The van der Waals surface area contributed by atoms with Gasteiger partial charge in [-0.3, -0.25) is 9.59 Å². The largest absolute Gasteiger partial charge is 0.465 e. The summed E-state index contributed by atoms with van der Waals surface area (Å²) in [5.74, 6) is -0.900. The number of ketones is 1. The number of hydrogen-bond acceptors (Lipinski definition) is 7. The van der Waals surface area contributed by atoms with Crippen LogP contribution >= 0.6 is 0 Å². The van der Waals surface area contributed by atoms with Gasteiger partial charge in [0.05, 0.1) is 24.2 Å². The maximum absolute atomic E-state index is 12.5. The van der Waals surface area contributed by atoms with E-state index in [0.717, 1.165) is 0 Å². The van der Waals surface area contributed by atoms with Crippen molar-refractivity contribution in [2.75, 3.05) is 13.2 Å². The third-order valence-electron chi connectivity index (χ3n) is 6.68. The Kier molecular flexibility index (Phi) is 3.15. The Morgan fingerprint density at radius 1 is 1.46 bits per heavy atom. The third-order valence-corrected chi connectivity index (χ3v) is 6.68. The van der Waals surface area contributed by atoms with Gasteiger partial charge < -0.3 is 24.4 Å². The molecule has 2 aliphatic carbocycles. The number of ether oxygens (including phenoxy) is 3. The van der Waals surface area contributed by atoms with Crippen LogP contribution in [0.3, 0.4) is 0 Å². The highest BCUT2D eigenvalue weighted by atomic mass is 16.6. The van der Waals surface area contributed by atoms with Gasteiger partial charge in [0.1, 0.15) is 24.4 Å². The average Bonchev–Trinajstić information content (AvgIpc) is 3.27. The molecule has 132 valence electrons. The zero-order valence-corrected chi connectivity index (χ0v) is 13.9. The lowest BCUT2D eigenvalue weighted by atomic mass is 9.50. The first-order valence-electron chi connectivity index (χ1n) is 8.21. The van der Waals surface area contributed by atoms with Crippen molar-refractivity contribution in [3.05, 3.63) is 11.6 Å². The smallest absolute Gasteiger partial charge is 0.302 e. The fraction of sp³-hybridized carbons (Fsp3) is 0.765. The predicted octanol–water partition coefficient (Wildman–Crippen LogP) is -0.267. The first-order chi connectivity index (χ1) is 11.2. The van der Waals surface area contributed by atoms with E-state index < -0.39 is 52.6 Å². The van der Waals surface area contributed by atoms with Gasteiger partial charge in [0.25, 0.3) is 0 Å². The van der Waals surface area contributed by atoms with Crippen molar-refractivity contribution >= 4 is 11.8 Å². The first kappa shape index (κ1) is 16.2. The molecule has 24 heavy (non-hydrogen) atoms. The summed E-state index contributed by atoms with van der Waals surface area (Å²) in [4.78, 5) is 24.0. The number of esters is 1. The van der Waals surface area contributed by atoms with Crippen molar-refractivity contribution in [1.29, 1.82) is 0 Å². The molecule has 0 amide bonds. The third kappa shape index (κ3) is 1.61. The molecule has 0 unspecified atom stereocenters. The number of fused-ring (bicyclic) bond motifs is 2. The van der Waals surface area contributed by atoms with E-state index >= 15 is 0 Å². The second-order valence-electron chi connectivity index (χ2n) is 7.70. The van der Waals surface area contributed by atoms with E-state index in [1.54, 1.807) is 13.0 Å². The minimum atomic E-state index is -1.39. The molecule has 3 fully saturated rings. The van der Waals surface area contributed by atoms with E-state index in [-0.39, 0.29) is 6.61 Å². The second kappa shape index (κ2) is 4.66. The SMILES string of the molecule is CC(=O)OC[C@]12[C@H](O)C(=O)C(C)=C[C@H]1O[C@@H]1[C@H](O)C[C@@]2(C)[C@@]12CO2. The fourth-order valence-corrected chi connectivity index (χ4v) is 5.21. The average molecular weight is 338 g/mol. The van der Waals surface area contributed by atoms with Crippen molar-refractivity contribution in [2.45, 2.75) is 57.2 Å². The highest BCUT2D eigenvalue weighted by Crippen LogP contribution is 2.71. The normalized spacial score (nSPS) is 52.0. The number of epoxide rings is 1. The lowest BCUT2D eigenvalue weighted by Gasteiger charge is -2.58. The summed E-state index contributed by atoms with van der Waals surface area (Å²) in [6.07, 6.45) is -1.30. The van der Waals surface area contributed by atoms with E-state index in [0.29, 0.717) is 18.6 Å². The van der Waals surface area contributed by atoms with Gasteiger partial charge in [-0.1, -0.05) is 6.92 Å². The maximum atomic E-state index is 12.5. The molecule has 2 bridgehead atoms. The van der Waals surface area contributed by atoms with Gasteiger partial charge in [0, 0.05) is 12.3 Å². The van der Waals surface area contributed by atoms with Crippen LogP contribution in [0.2, 0.25) is 0 Å². The summed E-state index contributed by atoms with van der Waals surface area (Å²) >= 11 is 0. The van der Waals surface area contributed by atoms with Crippen LogP contribution in [0.4, 0.5) is 0 Å². The van der Waals surface area contributed by atoms with Crippen LogP contribution in [0.15, 0.2) is 11.6 Å². The molecule has 2 saturated heterocycles. The zero-order chi connectivity index (χ0) is 17.5. The minimum absolute atomic E-state index is 0.162. The molecule has 1 spiro atoms. The topological polar surface area (TPSA) is 106 Å². The Morgan fingerprint density at radius 3 is 2.71 bits per heavy atom. The van der Waals surface area contributed by atoms with Crippen LogP contribution in [0.1, 0.15) is 27.2 Å². The first-order valence-corrected chi connectivity index (χ1v) is 8.21. The van der Waals surface area contributed by atoms with E-state index in [1.807, 2.05) is 6.92 Å². The van der Waals surface area contributed by atoms with Crippen molar-refractivity contribution < 1.29 is 34.0 Å². The number of Topliss-reactive ketones (excluding diaryl/α,β-unsaturated/α-hetero) is 1. The number of rotatable bonds is 2. The molecular weight excluding hydrogens is 316 g/mol. The summed E-state index contributed by atoms with van der Waals surface area (Å²) in [5.41, 5.74) is -2.27. The van der Waals surface area contributed by atoms with E-state index in [9.17, 15) is 19.8 Å². The highest BCUT2D eigenvalue weighted by Gasteiger charge is 2.83. The van der Waals surface area contributed by atoms with Gasteiger partial charge in [-0.2, -0.15) is 0 Å². The van der Waals surface area contributed by atoms with Crippen LogP contribution in [0.5, 0.6) is 0 Å². The molecule has 4 aliphatic rings. The number of aliphatic hydroxyl groups is 2. The molecule has 0 radical (unpaired) electrons. The standard InChI is InChI=1S/C17H22O7/c1-8-4-11-16(6-22-9(2)18,13(21)12(8)20)15(3)5-10(19)14(24-11)17(15)7-23-17/h4,10-11,13-14,19,21H,5-7H2,1-3H3/t10-,11-,13-,14-,15-,16-,17-/m1/s1. The van der Waals surface area contributed by atoms with Gasteiger partial charge in [0.2, 0.25) is 0 Å². The molecule has 0 aromatic rings. The Balaban J connectivity index is 1.89. The molecule has 0 aromatic carbocycles. The summed E-state index contributed by atoms with van der Waals surface area (Å²) in [6, 6.07) is 0. The van der Waals surface area contributed by atoms with Crippen molar-refractivity contribution in [1.82, 2.24) is 0 Å². The van der Waals surface area contributed by atoms with Crippen LogP contribution < -0.4 is 0 Å². The monoisotopic (exact) mass is 338 g/mol. The van der Waals surface area contributed by atoms with E-state index in [1.165, 1.54) is 6.92 Å². The van der Waals surface area contributed by atoms with Crippen LogP contribution in [-0.2, 0) is 23.8 Å². The molecule has 2 heterocycles. The molecule has 7 atom stereocenters. The van der Waals surface area contributed by atoms with Crippen LogP contribution in [0.25, 0.3) is 0 Å². The van der Waals surface area contributed by atoms with Gasteiger partial charge in [0.15, 0.2) is 5.78 Å². The molecule has 2 aliphatic heterocycles. The molecule has 4 rings (SSSR count). The maximum Gasteiger partial charge on any atom is 0.302 e. The quantitative estimate of drug-likeness (QED) is 0.527. The summed E-state index contributed by atoms with van der Waals surface area (Å²) in [6.45, 7) is 5.04. The Morgan fingerprint density at radius 2 is 2.12 bits per heavy atom. The van der Waals surface area contributed by atoms with Gasteiger partial charge in [-0.25, -0.2) is 0 Å². The highest BCUT2D eigenvalue weighted by molar-refractivity contribution is 6.00. The molecule has 1 saturated carbocycles. The van der Waals surface area contributed by atoms with Crippen LogP contribution in [0, 0.1) is 10.8 Å². The Bertz CT molecular complexity index is 651. The summed E-state index contributed by atoms with van der Waals surface area (Å²) in [5, 5.41) is 21.4. The zero-order valence-electron chi connectivity index (χ0n) is 13.9. The molecule has 0 aromatic heterocycles. The number of hydrogen-bond donors (Lipinski definition) is 2. The second-order valence-corrected chi connectivity index (χ2v) is 7.70. The predicted molar refractivity (Wildman–Crippen MR) is 79.9 cm³/mol. The summed E-state index contributed by atoms with van der Waals surface area (Å²) < 4.78 is 17.1. The van der Waals surface area contributed by atoms with Crippen LogP contribution in [-0.4, -0.2) is 65.2 Å². The van der Waals surface area contributed by atoms with Crippen molar-refractivity contribution in [3.63, 3.8) is 0 Å². The number of carbonyl (C=O) groups is 2. The molecular formula is C17H22O7. The van der Waals surface area contributed by atoms with Crippen molar-refractivity contribution in [3.8, 4) is 0 Å². The number of carbonyl (C=O) groups excluding carboxylic acids is 2. The van der Waals surface area contributed by atoms with Gasteiger partial charge in [-0.15, -0.1) is 0 Å². The lowest BCUT2D eigenvalue weighted by molar-refractivity contribution is -0.247. The van der Waals surface area contributed by atoms with E-state index in [4.69, 9.17) is 14.2 Å². The van der Waals surface area contributed by atoms with Crippen molar-refractivity contribution in [2.24, 2.45) is 10.8 Å². The molecule has 7 nitrogen and oxygen atoms in total. The van der Waals surface area contributed by atoms with Gasteiger partial charge >= 0.3 is 5.97 Å². The molecule has 2 N–H and O–H groups in total. The molecule has 7 heteroatoms.